The molecular weight excluding hydrogens is 362 g/mol. The number of nitrogens with zero attached hydrogens (tertiary/aromatic N) is 1. The highest BCUT2D eigenvalue weighted by atomic mass is 35.5. The van der Waals surface area contributed by atoms with E-state index in [4.69, 9.17) is 16.3 Å². The summed E-state index contributed by atoms with van der Waals surface area (Å²) in [7, 11) is 1.64. The molecule has 0 aliphatic carbocycles. The van der Waals surface area contributed by atoms with Gasteiger partial charge in [-0.1, -0.05) is 35.9 Å². The minimum absolute atomic E-state index is 0.232. The Morgan fingerprint density at radius 3 is 2.70 bits per heavy atom. The van der Waals surface area contributed by atoms with Gasteiger partial charge in [0.25, 0.3) is 5.91 Å². The first-order valence-electron chi connectivity index (χ1n) is 8.46. The van der Waals surface area contributed by atoms with Crippen LogP contribution in [-0.2, 0) is 6.54 Å². The molecule has 0 saturated heterocycles. The maximum absolute atomic E-state index is 12.4. The molecular formula is C21H20ClN3O2. The van der Waals surface area contributed by atoms with Crippen molar-refractivity contribution < 1.29 is 9.53 Å². The quantitative estimate of drug-likeness (QED) is 0.636. The van der Waals surface area contributed by atoms with E-state index in [1.165, 1.54) is 0 Å². The zero-order chi connectivity index (χ0) is 19.2. The van der Waals surface area contributed by atoms with Crippen LogP contribution in [0.2, 0.25) is 5.02 Å². The number of anilines is 2. The molecule has 0 bridgehead atoms. The molecule has 0 radical (unpaired) electrons. The van der Waals surface area contributed by atoms with Gasteiger partial charge in [-0.2, -0.15) is 0 Å². The van der Waals surface area contributed by atoms with Crippen LogP contribution in [0.3, 0.4) is 0 Å². The van der Waals surface area contributed by atoms with Gasteiger partial charge in [-0.15, -0.1) is 0 Å². The van der Waals surface area contributed by atoms with E-state index in [9.17, 15) is 4.79 Å². The largest absolute Gasteiger partial charge is 0.496 e. The predicted octanol–water partition coefficient (Wildman–Crippen LogP) is 4.92. The number of nitrogens with one attached hydrogen (secondary N) is 2. The number of rotatable bonds is 6. The van der Waals surface area contributed by atoms with Gasteiger partial charge in [-0.25, -0.2) is 4.98 Å². The molecule has 27 heavy (non-hydrogen) atoms. The Bertz CT molecular complexity index is 942. The van der Waals surface area contributed by atoms with Gasteiger partial charge in [0.2, 0.25) is 0 Å². The summed E-state index contributed by atoms with van der Waals surface area (Å²) in [6.45, 7) is 2.49. The van der Waals surface area contributed by atoms with Crippen molar-refractivity contribution >= 4 is 29.0 Å². The second-order valence-electron chi connectivity index (χ2n) is 6.01. The highest BCUT2D eigenvalue weighted by molar-refractivity contribution is 6.31. The lowest BCUT2D eigenvalue weighted by atomic mass is 10.2. The monoisotopic (exact) mass is 381 g/mol. The van der Waals surface area contributed by atoms with E-state index in [0.717, 1.165) is 16.9 Å². The highest BCUT2D eigenvalue weighted by Crippen LogP contribution is 2.21. The van der Waals surface area contributed by atoms with Crippen LogP contribution in [0.5, 0.6) is 5.75 Å². The predicted molar refractivity (Wildman–Crippen MR) is 109 cm³/mol. The summed E-state index contributed by atoms with van der Waals surface area (Å²) >= 11 is 5.99. The Morgan fingerprint density at radius 1 is 1.15 bits per heavy atom. The van der Waals surface area contributed by atoms with Crippen LogP contribution in [0.4, 0.5) is 11.5 Å². The van der Waals surface area contributed by atoms with Crippen LogP contribution >= 0.6 is 11.6 Å². The average Bonchev–Trinajstić information content (AvgIpc) is 2.69. The number of benzene rings is 2. The minimum Gasteiger partial charge on any atom is -0.496 e. The number of pyridine rings is 1. The molecule has 1 aromatic heterocycles. The first-order chi connectivity index (χ1) is 13.1. The molecule has 1 heterocycles. The third-order valence-corrected chi connectivity index (χ3v) is 4.36. The average molecular weight is 382 g/mol. The Labute approximate surface area is 163 Å². The molecule has 0 unspecified atom stereocenters. The Kier molecular flexibility index (Phi) is 5.94. The van der Waals surface area contributed by atoms with Crippen molar-refractivity contribution in [2.75, 3.05) is 17.7 Å². The van der Waals surface area contributed by atoms with Gasteiger partial charge in [-0.05, 0) is 42.8 Å². The number of hydrogen-bond donors (Lipinski definition) is 2. The lowest BCUT2D eigenvalue weighted by molar-refractivity contribution is 0.102. The molecule has 138 valence electrons. The van der Waals surface area contributed by atoms with Gasteiger partial charge in [-0.3, -0.25) is 4.79 Å². The number of aromatic nitrogens is 1. The fourth-order valence-electron chi connectivity index (χ4n) is 2.59. The number of carbonyl (C=O) groups excluding carboxylic acids is 1. The molecule has 3 aromatic rings. The lowest BCUT2D eigenvalue weighted by Gasteiger charge is -2.11. The van der Waals surface area contributed by atoms with E-state index in [1.54, 1.807) is 37.6 Å². The number of ether oxygens (including phenoxy) is 1. The molecule has 3 rings (SSSR count). The van der Waals surface area contributed by atoms with E-state index >= 15 is 0 Å². The molecule has 0 atom stereocenters. The van der Waals surface area contributed by atoms with Crippen molar-refractivity contribution in [2.45, 2.75) is 13.5 Å². The van der Waals surface area contributed by atoms with Crippen LogP contribution in [0.1, 0.15) is 21.5 Å². The standard InChI is InChI=1S/C21H20ClN3O2/c1-14-7-9-17(22)11-18(14)25-21(26)16-8-10-20(24-13-16)23-12-15-5-3-4-6-19(15)27-2/h3-11,13H,12H2,1-2H3,(H,23,24)(H,25,26). The summed E-state index contributed by atoms with van der Waals surface area (Å²) < 4.78 is 5.34. The van der Waals surface area contributed by atoms with Gasteiger partial charge >= 0.3 is 0 Å². The number of para-hydroxylation sites is 1. The van der Waals surface area contributed by atoms with Crippen molar-refractivity contribution in [3.05, 3.63) is 82.5 Å². The van der Waals surface area contributed by atoms with Crippen molar-refractivity contribution in [3.63, 3.8) is 0 Å². The first-order valence-corrected chi connectivity index (χ1v) is 8.84. The van der Waals surface area contributed by atoms with Gasteiger partial charge in [0.05, 0.1) is 12.7 Å². The third kappa shape index (κ3) is 4.77. The van der Waals surface area contributed by atoms with Crippen molar-refractivity contribution in [2.24, 2.45) is 0 Å². The van der Waals surface area contributed by atoms with Crippen LogP contribution in [0.25, 0.3) is 0 Å². The summed E-state index contributed by atoms with van der Waals surface area (Å²) in [5.41, 5.74) is 3.12. The van der Waals surface area contributed by atoms with E-state index in [-0.39, 0.29) is 5.91 Å². The lowest BCUT2D eigenvalue weighted by Crippen LogP contribution is -2.13. The number of aryl methyl sites for hydroxylation is 1. The van der Waals surface area contributed by atoms with Crippen molar-refractivity contribution in [1.82, 2.24) is 4.98 Å². The normalized spacial score (nSPS) is 10.3. The Morgan fingerprint density at radius 2 is 1.96 bits per heavy atom. The van der Waals surface area contributed by atoms with Gasteiger partial charge in [0.15, 0.2) is 0 Å². The first kappa shape index (κ1) is 18.7. The second-order valence-corrected chi connectivity index (χ2v) is 6.45. The van der Waals surface area contributed by atoms with Crippen LogP contribution in [0, 0.1) is 6.92 Å². The highest BCUT2D eigenvalue weighted by Gasteiger charge is 2.09. The summed E-state index contributed by atoms with van der Waals surface area (Å²) in [5.74, 6) is 1.26. The molecule has 0 aliphatic heterocycles. The maximum atomic E-state index is 12.4. The number of carbonyl (C=O) groups is 1. The molecule has 6 heteroatoms. The molecule has 0 saturated carbocycles. The maximum Gasteiger partial charge on any atom is 0.257 e. The van der Waals surface area contributed by atoms with Crippen LogP contribution in [0.15, 0.2) is 60.8 Å². The summed E-state index contributed by atoms with van der Waals surface area (Å²) in [6, 6.07) is 16.7. The summed E-state index contributed by atoms with van der Waals surface area (Å²) in [6.07, 6.45) is 1.54. The Hall–Kier alpha value is -3.05. The van der Waals surface area contributed by atoms with E-state index in [1.807, 2.05) is 37.3 Å². The number of methoxy groups -OCH3 is 1. The van der Waals surface area contributed by atoms with Crippen LogP contribution < -0.4 is 15.4 Å². The second kappa shape index (κ2) is 8.56. The number of halogens is 1. The Balaban J connectivity index is 1.64. The van der Waals surface area contributed by atoms with Gasteiger partial charge in [0.1, 0.15) is 11.6 Å². The number of hydrogen-bond acceptors (Lipinski definition) is 4. The SMILES string of the molecule is COc1ccccc1CNc1ccc(C(=O)Nc2cc(Cl)ccc2C)cn1. The fourth-order valence-corrected chi connectivity index (χ4v) is 2.76. The fraction of sp³-hybridized carbons (Fsp3) is 0.143. The zero-order valence-corrected chi connectivity index (χ0v) is 15.9. The molecule has 5 nitrogen and oxygen atoms in total. The van der Waals surface area contributed by atoms with Gasteiger partial charge in [0, 0.05) is 29.0 Å². The topological polar surface area (TPSA) is 63.2 Å². The third-order valence-electron chi connectivity index (χ3n) is 4.13. The van der Waals surface area contributed by atoms with E-state index in [2.05, 4.69) is 15.6 Å². The minimum atomic E-state index is -0.232. The molecule has 0 fully saturated rings. The molecule has 1 amide bonds. The van der Waals surface area contributed by atoms with E-state index < -0.39 is 0 Å². The van der Waals surface area contributed by atoms with Crippen molar-refractivity contribution in [3.8, 4) is 5.75 Å². The molecule has 2 N–H and O–H groups in total. The summed E-state index contributed by atoms with van der Waals surface area (Å²) in [4.78, 5) is 16.7. The van der Waals surface area contributed by atoms with Crippen LogP contribution in [-0.4, -0.2) is 18.0 Å². The van der Waals surface area contributed by atoms with Gasteiger partial charge < -0.3 is 15.4 Å². The zero-order valence-electron chi connectivity index (χ0n) is 15.1. The van der Waals surface area contributed by atoms with E-state index in [0.29, 0.717) is 28.6 Å². The van der Waals surface area contributed by atoms with Crippen molar-refractivity contribution in [1.29, 1.82) is 0 Å². The molecule has 0 spiro atoms. The molecule has 2 aromatic carbocycles. The molecule has 0 aliphatic rings. The number of amides is 1. The summed E-state index contributed by atoms with van der Waals surface area (Å²) in [5, 5.41) is 6.66. The smallest absolute Gasteiger partial charge is 0.257 e.